The van der Waals surface area contributed by atoms with Crippen LogP contribution in [0, 0.1) is 5.41 Å². The third-order valence-corrected chi connectivity index (χ3v) is 5.06. The van der Waals surface area contributed by atoms with Crippen molar-refractivity contribution in [3.63, 3.8) is 0 Å². The molecule has 1 heterocycles. The van der Waals surface area contributed by atoms with E-state index in [1.54, 1.807) is 20.8 Å². The zero-order valence-corrected chi connectivity index (χ0v) is 17.2. The van der Waals surface area contributed by atoms with Crippen molar-refractivity contribution in [2.45, 2.75) is 39.2 Å². The van der Waals surface area contributed by atoms with E-state index in [0.29, 0.717) is 6.42 Å². The Labute approximate surface area is 169 Å². The van der Waals surface area contributed by atoms with E-state index < -0.39 is 22.8 Å². The molecule has 1 aliphatic carbocycles. The van der Waals surface area contributed by atoms with Crippen molar-refractivity contribution in [1.29, 1.82) is 0 Å². The van der Waals surface area contributed by atoms with Crippen molar-refractivity contribution >= 4 is 5.97 Å². The number of nitrogens with one attached hydrogen (secondary N) is 1. The summed E-state index contributed by atoms with van der Waals surface area (Å²) in [7, 11) is 1.45. The molecular formula is C22H27N3O4. The number of aromatic nitrogens is 3. The largest absolute Gasteiger partial charge is 0.465 e. The van der Waals surface area contributed by atoms with E-state index in [1.165, 1.54) is 11.7 Å². The maximum absolute atomic E-state index is 12.7. The van der Waals surface area contributed by atoms with Gasteiger partial charge in [0, 0.05) is 19.4 Å². The second-order valence-electron chi connectivity index (χ2n) is 8.27. The van der Waals surface area contributed by atoms with Crippen LogP contribution in [0.25, 0.3) is 0 Å². The Bertz CT molecular complexity index is 1050. The number of H-pyrrole nitrogens is 1. The first-order valence-electron chi connectivity index (χ1n) is 9.67. The molecule has 0 radical (unpaired) electrons. The van der Waals surface area contributed by atoms with E-state index in [1.807, 2.05) is 48.6 Å². The Hall–Kier alpha value is -3.09. The highest BCUT2D eigenvalue weighted by Gasteiger charge is 2.31. The molecule has 0 unspecified atom stereocenters. The molecule has 1 aliphatic rings. The number of hydrogen-bond acceptors (Lipinski definition) is 4. The van der Waals surface area contributed by atoms with Crippen LogP contribution in [0.3, 0.4) is 0 Å². The van der Waals surface area contributed by atoms with Crippen LogP contribution < -0.4 is 11.4 Å². The van der Waals surface area contributed by atoms with Crippen LogP contribution in [0.5, 0.6) is 0 Å². The summed E-state index contributed by atoms with van der Waals surface area (Å²) in [6, 6.07) is 9.41. The number of esters is 1. The molecule has 3 rings (SSSR count). The number of hydrogen-bond donors (Lipinski definition) is 1. The molecule has 1 N–H and O–H groups in total. The molecule has 0 spiro atoms. The molecule has 2 atom stereocenters. The minimum atomic E-state index is -0.575. The van der Waals surface area contributed by atoms with E-state index in [2.05, 4.69) is 5.10 Å². The smallest absolute Gasteiger partial charge is 0.347 e. The molecule has 154 valence electrons. The number of carbonyl (C=O) groups is 1. The lowest BCUT2D eigenvalue weighted by Crippen LogP contribution is -2.33. The Balaban J connectivity index is 1.93. The fraction of sp³-hybridized carbons (Fsp3) is 0.409. The summed E-state index contributed by atoms with van der Waals surface area (Å²) < 4.78 is 7.85. The molecule has 0 amide bonds. The van der Waals surface area contributed by atoms with Gasteiger partial charge in [-0.1, -0.05) is 48.6 Å². The van der Waals surface area contributed by atoms with Crippen LogP contribution in [-0.4, -0.2) is 26.9 Å². The van der Waals surface area contributed by atoms with Crippen LogP contribution in [0.15, 0.2) is 63.7 Å². The van der Waals surface area contributed by atoms with Gasteiger partial charge in [0.15, 0.2) is 0 Å². The zero-order valence-electron chi connectivity index (χ0n) is 17.2. The monoisotopic (exact) mass is 397 g/mol. The maximum atomic E-state index is 12.7. The fourth-order valence-corrected chi connectivity index (χ4v) is 3.40. The lowest BCUT2D eigenvalue weighted by molar-refractivity contribution is -0.152. The average Bonchev–Trinajstić information content (AvgIpc) is 2.94. The van der Waals surface area contributed by atoms with Crippen LogP contribution >= 0.6 is 0 Å². The van der Waals surface area contributed by atoms with Crippen molar-refractivity contribution in [3.8, 4) is 0 Å². The first kappa shape index (κ1) is 20.6. The summed E-state index contributed by atoms with van der Waals surface area (Å²) in [5.41, 5.74) is 0.493. The van der Waals surface area contributed by atoms with Gasteiger partial charge in [0.25, 0.3) is 0 Å². The number of ether oxygens (including phenoxy) is 1. The molecule has 0 aliphatic heterocycles. The topological polar surface area (TPSA) is 86.1 Å². The van der Waals surface area contributed by atoms with E-state index in [9.17, 15) is 14.4 Å². The van der Waals surface area contributed by atoms with E-state index in [0.717, 1.165) is 15.7 Å². The second-order valence-corrected chi connectivity index (χ2v) is 8.27. The standard InChI is InChI=1S/C22H27N3O4/c1-22(2,3)19(26)29-14-13-16-11-8-12-17(15-9-6-5-7-10-15)18(16)25-21(28)24(4)20(27)23-25/h5-12,17-18H,13-14H2,1-4H3,(H,23,27)/t17-,18+/m1/s1. The normalized spacial score (nSPS) is 19.1. The molecule has 0 bridgehead atoms. The number of carbonyl (C=O) groups excluding carboxylic acids is 1. The Morgan fingerprint density at radius 3 is 2.45 bits per heavy atom. The van der Waals surface area contributed by atoms with Crippen LogP contribution in [-0.2, 0) is 16.6 Å². The second kappa shape index (κ2) is 8.11. The van der Waals surface area contributed by atoms with Crippen molar-refractivity contribution in [2.24, 2.45) is 12.5 Å². The van der Waals surface area contributed by atoms with Gasteiger partial charge in [0.2, 0.25) is 0 Å². The third kappa shape index (κ3) is 4.34. The van der Waals surface area contributed by atoms with Crippen molar-refractivity contribution in [1.82, 2.24) is 14.3 Å². The SMILES string of the molecule is Cn1c(=O)[nH]n([C@H]2C(CCOC(=O)C(C)(C)C)=CC=C[C@@H]2c2ccccc2)c1=O. The quantitative estimate of drug-likeness (QED) is 0.786. The van der Waals surface area contributed by atoms with Gasteiger partial charge in [-0.2, -0.15) is 0 Å². The predicted octanol–water partition coefficient (Wildman–Crippen LogP) is 2.68. The number of rotatable bonds is 5. The van der Waals surface area contributed by atoms with Crippen LogP contribution in [0.1, 0.15) is 44.7 Å². The van der Waals surface area contributed by atoms with Gasteiger partial charge < -0.3 is 4.74 Å². The first-order chi connectivity index (χ1) is 13.7. The minimum Gasteiger partial charge on any atom is -0.465 e. The zero-order chi connectivity index (χ0) is 21.2. The van der Waals surface area contributed by atoms with Gasteiger partial charge in [-0.05, 0) is 31.9 Å². The molecule has 0 saturated carbocycles. The maximum Gasteiger partial charge on any atom is 0.347 e. The average molecular weight is 397 g/mol. The van der Waals surface area contributed by atoms with Crippen molar-refractivity contribution in [3.05, 3.63) is 80.7 Å². The summed E-state index contributed by atoms with van der Waals surface area (Å²) in [4.78, 5) is 36.8. The molecule has 7 heteroatoms. The highest BCUT2D eigenvalue weighted by molar-refractivity contribution is 5.75. The number of allylic oxidation sites excluding steroid dienone is 3. The Morgan fingerprint density at radius 2 is 1.86 bits per heavy atom. The van der Waals surface area contributed by atoms with Gasteiger partial charge in [-0.15, -0.1) is 0 Å². The molecule has 2 aromatic rings. The Morgan fingerprint density at radius 1 is 1.17 bits per heavy atom. The molecule has 0 fully saturated rings. The van der Waals surface area contributed by atoms with Gasteiger partial charge in [0.1, 0.15) is 0 Å². The number of nitrogens with zero attached hydrogens (tertiary/aromatic N) is 2. The molecule has 7 nitrogen and oxygen atoms in total. The van der Waals surface area contributed by atoms with Gasteiger partial charge >= 0.3 is 17.3 Å². The Kier molecular flexibility index (Phi) is 5.77. The van der Waals surface area contributed by atoms with Gasteiger partial charge in [-0.3, -0.25) is 4.79 Å². The number of benzene rings is 1. The summed E-state index contributed by atoms with van der Waals surface area (Å²) in [6.45, 7) is 5.63. The summed E-state index contributed by atoms with van der Waals surface area (Å²) >= 11 is 0. The van der Waals surface area contributed by atoms with E-state index >= 15 is 0 Å². The number of aromatic amines is 1. The molecule has 1 aromatic carbocycles. The molecule has 1 aromatic heterocycles. The molecule has 29 heavy (non-hydrogen) atoms. The van der Waals surface area contributed by atoms with Crippen molar-refractivity contribution < 1.29 is 9.53 Å². The summed E-state index contributed by atoms with van der Waals surface area (Å²) in [5, 5.41) is 2.66. The van der Waals surface area contributed by atoms with Crippen LogP contribution in [0.2, 0.25) is 0 Å². The molecular weight excluding hydrogens is 370 g/mol. The third-order valence-electron chi connectivity index (χ3n) is 5.06. The van der Waals surface area contributed by atoms with Crippen molar-refractivity contribution in [2.75, 3.05) is 6.61 Å². The highest BCUT2D eigenvalue weighted by atomic mass is 16.5. The lowest BCUT2D eigenvalue weighted by atomic mass is 9.82. The lowest BCUT2D eigenvalue weighted by Gasteiger charge is -2.30. The van der Waals surface area contributed by atoms with Gasteiger partial charge in [0.05, 0.1) is 18.1 Å². The van der Waals surface area contributed by atoms with Crippen LogP contribution in [0.4, 0.5) is 0 Å². The summed E-state index contributed by atoms with van der Waals surface area (Å²) in [5.74, 6) is -0.406. The predicted molar refractivity (Wildman–Crippen MR) is 111 cm³/mol. The fourth-order valence-electron chi connectivity index (χ4n) is 3.40. The molecule has 0 saturated heterocycles. The van der Waals surface area contributed by atoms with E-state index in [4.69, 9.17) is 4.74 Å². The highest BCUT2D eigenvalue weighted by Crippen LogP contribution is 2.38. The summed E-state index contributed by atoms with van der Waals surface area (Å²) in [6.07, 6.45) is 6.35. The first-order valence-corrected chi connectivity index (χ1v) is 9.67. The van der Waals surface area contributed by atoms with Gasteiger partial charge in [-0.25, -0.2) is 23.9 Å². The van der Waals surface area contributed by atoms with E-state index in [-0.39, 0.29) is 18.5 Å². The minimum absolute atomic E-state index is 0.134.